The predicted molar refractivity (Wildman–Crippen MR) is 73.3 cm³/mol. The molecule has 0 saturated heterocycles. The number of carbonyl (C=O) groups is 2. The van der Waals surface area contributed by atoms with E-state index in [1.165, 1.54) is 0 Å². The van der Waals surface area contributed by atoms with Crippen LogP contribution in [0.4, 0.5) is 0 Å². The van der Waals surface area contributed by atoms with Crippen molar-refractivity contribution in [2.45, 2.75) is 72.8 Å². The van der Waals surface area contributed by atoms with Crippen LogP contribution >= 0.6 is 0 Å². The third-order valence-corrected chi connectivity index (χ3v) is 2.95. The summed E-state index contributed by atoms with van der Waals surface area (Å²) < 4.78 is 5.45. The first-order valence-corrected chi connectivity index (χ1v) is 6.89. The van der Waals surface area contributed by atoms with Gasteiger partial charge in [-0.3, -0.25) is 4.79 Å². The van der Waals surface area contributed by atoms with Crippen LogP contribution in [0.1, 0.15) is 67.2 Å². The van der Waals surface area contributed by atoms with Gasteiger partial charge in [0.05, 0.1) is 5.92 Å². The summed E-state index contributed by atoms with van der Waals surface area (Å²) in [4.78, 5) is 23.2. The molecule has 0 aliphatic rings. The van der Waals surface area contributed by atoms with Crippen LogP contribution in [0.15, 0.2) is 0 Å². The average Bonchev–Trinajstić information content (AvgIpc) is 2.14. The van der Waals surface area contributed by atoms with Crippen molar-refractivity contribution in [2.75, 3.05) is 0 Å². The zero-order valence-electron chi connectivity index (χ0n) is 12.7. The Labute approximate surface area is 111 Å². The Balaban J connectivity index is 4.63. The molecule has 0 spiro atoms. The Hall–Kier alpha value is -0.860. The second-order valence-electron chi connectivity index (χ2n) is 6.15. The Morgan fingerprint density at radius 2 is 1.72 bits per heavy atom. The maximum atomic E-state index is 12.2. The molecule has 106 valence electrons. The van der Waals surface area contributed by atoms with Gasteiger partial charge in [-0.2, -0.15) is 0 Å². The number of esters is 1. The molecule has 0 N–H and O–H groups in total. The monoisotopic (exact) mass is 256 g/mol. The molecule has 0 saturated carbocycles. The van der Waals surface area contributed by atoms with Gasteiger partial charge in [0.25, 0.3) is 0 Å². The first kappa shape index (κ1) is 17.1. The number of Topliss-reactive ketones (excluding diaryl/α,β-unsaturated/α-hetero) is 1. The topological polar surface area (TPSA) is 43.4 Å². The molecule has 0 bridgehead atoms. The van der Waals surface area contributed by atoms with Gasteiger partial charge in [0.2, 0.25) is 0 Å². The summed E-state index contributed by atoms with van der Waals surface area (Å²) in [5, 5.41) is 0. The molecule has 0 aromatic carbocycles. The third kappa shape index (κ3) is 7.46. The lowest BCUT2D eigenvalue weighted by Crippen LogP contribution is -2.32. The molecule has 0 radical (unpaired) electrons. The highest BCUT2D eigenvalue weighted by molar-refractivity contribution is 5.77. The second kappa shape index (κ2) is 7.55. The maximum absolute atomic E-state index is 12.2. The number of ether oxygens (including phenoxy) is 1. The van der Waals surface area contributed by atoms with Gasteiger partial charge in [-0.05, 0) is 40.0 Å². The summed E-state index contributed by atoms with van der Waals surface area (Å²) in [5.74, 6) is 0.0780. The van der Waals surface area contributed by atoms with Gasteiger partial charge in [0, 0.05) is 6.42 Å². The molecule has 0 rings (SSSR count). The summed E-state index contributed by atoms with van der Waals surface area (Å²) in [7, 11) is 0. The van der Waals surface area contributed by atoms with Crippen LogP contribution < -0.4 is 0 Å². The van der Waals surface area contributed by atoms with Crippen molar-refractivity contribution < 1.29 is 14.3 Å². The van der Waals surface area contributed by atoms with Crippen molar-refractivity contribution in [2.24, 2.45) is 11.8 Å². The minimum absolute atomic E-state index is 0.132. The Kier molecular flexibility index (Phi) is 7.19. The van der Waals surface area contributed by atoms with Crippen molar-refractivity contribution in [3.8, 4) is 0 Å². The molecule has 18 heavy (non-hydrogen) atoms. The lowest BCUT2D eigenvalue weighted by atomic mass is 9.86. The molecule has 0 heterocycles. The van der Waals surface area contributed by atoms with Gasteiger partial charge in [0.1, 0.15) is 11.4 Å². The lowest BCUT2D eigenvalue weighted by Gasteiger charge is -2.27. The van der Waals surface area contributed by atoms with E-state index in [0.29, 0.717) is 12.8 Å². The largest absolute Gasteiger partial charge is 0.460 e. The molecule has 0 fully saturated rings. The number of hydrogen-bond donors (Lipinski definition) is 0. The number of hydrogen-bond acceptors (Lipinski definition) is 3. The molecule has 0 aliphatic heterocycles. The highest BCUT2D eigenvalue weighted by Crippen LogP contribution is 2.25. The van der Waals surface area contributed by atoms with E-state index in [9.17, 15) is 9.59 Å². The van der Waals surface area contributed by atoms with Gasteiger partial charge in [0.15, 0.2) is 0 Å². The maximum Gasteiger partial charge on any atom is 0.309 e. The molecule has 0 aromatic heterocycles. The van der Waals surface area contributed by atoms with E-state index in [1.54, 1.807) is 6.92 Å². The smallest absolute Gasteiger partial charge is 0.309 e. The van der Waals surface area contributed by atoms with Crippen LogP contribution in [0.5, 0.6) is 0 Å². The van der Waals surface area contributed by atoms with Crippen molar-refractivity contribution in [1.82, 2.24) is 0 Å². The van der Waals surface area contributed by atoms with Crippen molar-refractivity contribution >= 4 is 11.8 Å². The summed E-state index contributed by atoms with van der Waals surface area (Å²) in [6.45, 7) is 11.4. The number of ketones is 1. The first-order chi connectivity index (χ1) is 8.17. The minimum Gasteiger partial charge on any atom is -0.460 e. The summed E-state index contributed by atoms with van der Waals surface area (Å²) in [6, 6.07) is 0. The SMILES string of the molecule is CCCC(C)C(CCC(C)=O)C(=O)OC(C)(C)C. The summed E-state index contributed by atoms with van der Waals surface area (Å²) >= 11 is 0. The van der Waals surface area contributed by atoms with E-state index in [2.05, 4.69) is 13.8 Å². The predicted octanol–water partition coefficient (Wildman–Crippen LogP) is 3.75. The van der Waals surface area contributed by atoms with Gasteiger partial charge in [-0.25, -0.2) is 0 Å². The van der Waals surface area contributed by atoms with Gasteiger partial charge >= 0.3 is 5.97 Å². The second-order valence-corrected chi connectivity index (χ2v) is 6.15. The van der Waals surface area contributed by atoms with Crippen LogP contribution in [-0.2, 0) is 14.3 Å². The molecule has 2 unspecified atom stereocenters. The zero-order chi connectivity index (χ0) is 14.3. The molecule has 3 heteroatoms. The van der Waals surface area contributed by atoms with Crippen molar-refractivity contribution in [3.05, 3.63) is 0 Å². The van der Waals surface area contributed by atoms with Crippen LogP contribution in [0.2, 0.25) is 0 Å². The summed E-state index contributed by atoms with van der Waals surface area (Å²) in [5.41, 5.74) is -0.461. The quantitative estimate of drug-likeness (QED) is 0.651. The highest BCUT2D eigenvalue weighted by atomic mass is 16.6. The fraction of sp³-hybridized carbons (Fsp3) is 0.867. The van der Waals surface area contributed by atoms with Crippen LogP contribution in [0, 0.1) is 11.8 Å². The third-order valence-electron chi connectivity index (χ3n) is 2.95. The zero-order valence-corrected chi connectivity index (χ0v) is 12.7. The minimum atomic E-state index is -0.461. The summed E-state index contributed by atoms with van der Waals surface area (Å²) in [6.07, 6.45) is 3.09. The van der Waals surface area contributed by atoms with E-state index in [4.69, 9.17) is 4.74 Å². The van der Waals surface area contributed by atoms with Gasteiger partial charge in [-0.15, -0.1) is 0 Å². The standard InChI is InChI=1S/C15H28O3/c1-7-8-11(2)13(10-9-12(3)16)14(17)18-15(4,5)6/h11,13H,7-10H2,1-6H3. The molecule has 0 aromatic rings. The molecule has 0 amide bonds. The van der Waals surface area contributed by atoms with E-state index in [0.717, 1.165) is 12.8 Å². The normalized spacial score (nSPS) is 15.0. The van der Waals surface area contributed by atoms with Gasteiger partial charge in [-0.1, -0.05) is 26.7 Å². The molecule has 0 aliphatic carbocycles. The fourth-order valence-electron chi connectivity index (χ4n) is 2.03. The van der Waals surface area contributed by atoms with Crippen LogP contribution in [0.25, 0.3) is 0 Å². The van der Waals surface area contributed by atoms with Crippen molar-refractivity contribution in [1.29, 1.82) is 0 Å². The van der Waals surface area contributed by atoms with E-state index < -0.39 is 5.60 Å². The molecular weight excluding hydrogens is 228 g/mol. The molecule has 2 atom stereocenters. The van der Waals surface area contributed by atoms with Crippen LogP contribution in [-0.4, -0.2) is 17.4 Å². The van der Waals surface area contributed by atoms with Gasteiger partial charge < -0.3 is 9.53 Å². The van der Waals surface area contributed by atoms with Crippen molar-refractivity contribution in [3.63, 3.8) is 0 Å². The number of rotatable bonds is 7. The Bertz CT molecular complexity index is 276. The average molecular weight is 256 g/mol. The lowest BCUT2D eigenvalue weighted by molar-refractivity contribution is -0.162. The van der Waals surface area contributed by atoms with E-state index in [1.807, 2.05) is 20.8 Å². The van der Waals surface area contributed by atoms with Crippen LogP contribution in [0.3, 0.4) is 0 Å². The number of carbonyl (C=O) groups excluding carboxylic acids is 2. The highest BCUT2D eigenvalue weighted by Gasteiger charge is 2.29. The van der Waals surface area contributed by atoms with E-state index >= 15 is 0 Å². The molecular formula is C15H28O3. The molecule has 3 nitrogen and oxygen atoms in total. The fourth-order valence-corrected chi connectivity index (χ4v) is 2.03. The Morgan fingerprint density at radius 1 is 1.17 bits per heavy atom. The van der Waals surface area contributed by atoms with E-state index in [-0.39, 0.29) is 23.6 Å². The Morgan fingerprint density at radius 3 is 2.11 bits per heavy atom. The first-order valence-electron chi connectivity index (χ1n) is 6.89.